The topological polar surface area (TPSA) is 132 Å². The number of hydrogen-bond acceptors (Lipinski definition) is 8. The molecule has 0 aliphatic carbocycles. The van der Waals surface area contributed by atoms with Crippen molar-refractivity contribution < 1.29 is 27.5 Å². The number of rotatable bonds is 8. The van der Waals surface area contributed by atoms with E-state index >= 15 is 0 Å². The number of amides is 2. The van der Waals surface area contributed by atoms with E-state index in [1.54, 1.807) is 59.4 Å². The van der Waals surface area contributed by atoms with Gasteiger partial charge < -0.3 is 9.47 Å². The van der Waals surface area contributed by atoms with Gasteiger partial charge in [-0.25, -0.2) is 13.1 Å². The van der Waals surface area contributed by atoms with Crippen LogP contribution >= 0.6 is 11.6 Å². The maximum Gasteiger partial charge on any atom is 0.272 e. The quantitative estimate of drug-likeness (QED) is 0.177. The van der Waals surface area contributed by atoms with Crippen molar-refractivity contribution in [3.8, 4) is 34.5 Å². The summed E-state index contributed by atoms with van der Waals surface area (Å²) in [7, 11) is -1.95. The zero-order valence-electron chi connectivity index (χ0n) is 25.5. The second-order valence-electron chi connectivity index (χ2n) is 11.0. The van der Waals surface area contributed by atoms with E-state index in [1.807, 2.05) is 43.3 Å². The average molecular weight is 669 g/mol. The van der Waals surface area contributed by atoms with Crippen LogP contribution in [0.25, 0.3) is 28.6 Å². The largest absolute Gasteiger partial charge is 0.497 e. The number of benzene rings is 3. The van der Waals surface area contributed by atoms with E-state index in [0.29, 0.717) is 45.5 Å². The molecule has 0 radical (unpaired) electrons. The molecule has 2 amide bonds. The van der Waals surface area contributed by atoms with Crippen LogP contribution in [0.4, 0.5) is 0 Å². The Kier molecular flexibility index (Phi) is 8.73. The van der Waals surface area contributed by atoms with Crippen LogP contribution in [0.5, 0.6) is 11.5 Å². The van der Waals surface area contributed by atoms with Gasteiger partial charge in [-0.2, -0.15) is 10.4 Å². The van der Waals surface area contributed by atoms with Gasteiger partial charge in [0.05, 0.1) is 47.5 Å². The van der Waals surface area contributed by atoms with E-state index in [0.717, 1.165) is 10.6 Å². The van der Waals surface area contributed by atoms with Gasteiger partial charge >= 0.3 is 0 Å². The van der Waals surface area contributed by atoms with Gasteiger partial charge in [0.15, 0.2) is 9.84 Å². The minimum atomic E-state index is -3.46. The predicted octanol–water partition coefficient (Wildman–Crippen LogP) is 5.52. The van der Waals surface area contributed by atoms with Crippen molar-refractivity contribution >= 4 is 44.9 Å². The summed E-state index contributed by atoms with van der Waals surface area (Å²) in [6.45, 7) is 2.29. The zero-order chi connectivity index (χ0) is 33.3. The molecule has 2 aliphatic heterocycles. The number of nitrogens with zero attached hydrogens (tertiary/aromatic N) is 4. The van der Waals surface area contributed by atoms with Gasteiger partial charge in [-0.05, 0) is 67.4 Å². The third kappa shape index (κ3) is 6.17. The molecule has 1 saturated heterocycles. The van der Waals surface area contributed by atoms with Gasteiger partial charge in [0.1, 0.15) is 28.8 Å². The Labute approximate surface area is 277 Å². The van der Waals surface area contributed by atoms with Crippen molar-refractivity contribution in [2.45, 2.75) is 19.4 Å². The monoisotopic (exact) mass is 668 g/mol. The lowest BCUT2D eigenvalue weighted by atomic mass is 9.86. The Morgan fingerprint density at radius 2 is 1.77 bits per heavy atom. The molecule has 12 heteroatoms. The highest BCUT2D eigenvalue weighted by Crippen LogP contribution is 2.39. The molecule has 10 nitrogen and oxygen atoms in total. The number of methoxy groups -OCH3 is 1. The molecule has 1 unspecified atom stereocenters. The highest BCUT2D eigenvalue weighted by Gasteiger charge is 2.45. The Balaban J connectivity index is 1.59. The Bertz CT molecular complexity index is 2100. The van der Waals surface area contributed by atoms with Crippen LogP contribution in [-0.2, 0) is 19.4 Å². The molecule has 3 heterocycles. The third-order valence-electron chi connectivity index (χ3n) is 8.03. The van der Waals surface area contributed by atoms with Gasteiger partial charge in [-0.15, -0.1) is 0 Å². The van der Waals surface area contributed by atoms with Gasteiger partial charge in [0.2, 0.25) is 0 Å². The first-order valence-corrected chi connectivity index (χ1v) is 17.0. The van der Waals surface area contributed by atoms with Crippen LogP contribution in [0.1, 0.15) is 24.5 Å². The normalized spacial score (nSPS) is 18.5. The summed E-state index contributed by atoms with van der Waals surface area (Å²) in [5.41, 5.74) is 2.69. The van der Waals surface area contributed by atoms with Crippen molar-refractivity contribution in [3.63, 3.8) is 0 Å². The molecule has 1 atom stereocenters. The highest BCUT2D eigenvalue weighted by atomic mass is 35.5. The Morgan fingerprint density at radius 1 is 1.04 bits per heavy atom. The fourth-order valence-electron chi connectivity index (χ4n) is 5.80. The van der Waals surface area contributed by atoms with E-state index in [2.05, 4.69) is 0 Å². The molecule has 0 bridgehead atoms. The zero-order valence-corrected chi connectivity index (χ0v) is 27.1. The number of imide groups is 1. The first kappa shape index (κ1) is 31.8. The summed E-state index contributed by atoms with van der Waals surface area (Å²) in [4.78, 5) is 29.1. The van der Waals surface area contributed by atoms with Crippen LogP contribution in [0.2, 0.25) is 5.02 Å². The van der Waals surface area contributed by atoms with Crippen molar-refractivity contribution in [3.05, 3.63) is 106 Å². The third-order valence-corrected chi connectivity index (χ3v) is 10.1. The first-order chi connectivity index (χ1) is 22.6. The molecule has 6 rings (SSSR count). The Morgan fingerprint density at radius 3 is 2.38 bits per heavy atom. The van der Waals surface area contributed by atoms with Gasteiger partial charge in [0.25, 0.3) is 11.8 Å². The standard InChI is InChI=1S/C35H29ClN4O6S/c1-3-46-31-14-11-23(18-30(31)36)33-24(20-39(38-33)25-7-5-4-6-8-25)17-28-32(22-9-12-27(45-2)13-10-22)29(19-37)35(42)40(34(28)41)26-15-16-47(43,44)21-26/h4-14,17-18,20,26H,3,15-16,21H2,1-2H3/b28-17-. The molecule has 4 aromatic rings. The molecule has 1 fully saturated rings. The Hall–Kier alpha value is -5.18. The number of hydrogen-bond donors (Lipinski definition) is 0. The number of nitriles is 1. The van der Waals surface area contributed by atoms with Crippen LogP contribution in [0, 0.1) is 11.3 Å². The fourth-order valence-corrected chi connectivity index (χ4v) is 7.74. The number of carbonyl (C=O) groups is 2. The van der Waals surface area contributed by atoms with E-state index in [9.17, 15) is 23.3 Å². The van der Waals surface area contributed by atoms with Crippen LogP contribution in [-0.4, -0.2) is 66.2 Å². The summed E-state index contributed by atoms with van der Waals surface area (Å²) in [6, 6.07) is 22.4. The predicted molar refractivity (Wildman–Crippen MR) is 178 cm³/mol. The summed E-state index contributed by atoms with van der Waals surface area (Å²) in [5.74, 6) is -1.01. The molecule has 2 aliphatic rings. The number of halogens is 1. The maximum absolute atomic E-state index is 14.4. The SMILES string of the molecule is CCOc1ccc(-c2nn(-c3ccccc3)cc2/C=C2\C(=O)N(C3CCS(=O)(=O)C3)C(=O)C(C#N)=C2c2ccc(OC)cc2)cc1Cl. The summed E-state index contributed by atoms with van der Waals surface area (Å²) in [5, 5.41) is 15.6. The lowest BCUT2D eigenvalue weighted by Gasteiger charge is -2.32. The smallest absolute Gasteiger partial charge is 0.272 e. The number of ether oxygens (including phenoxy) is 2. The molecule has 0 N–H and O–H groups in total. The second-order valence-corrected chi connectivity index (χ2v) is 13.6. The van der Waals surface area contributed by atoms with Crippen molar-refractivity contribution in [2.75, 3.05) is 25.2 Å². The molecule has 3 aromatic carbocycles. The lowest BCUT2D eigenvalue weighted by molar-refractivity contribution is -0.142. The summed E-state index contributed by atoms with van der Waals surface area (Å²) < 4.78 is 37.4. The molecule has 0 spiro atoms. The van der Waals surface area contributed by atoms with E-state index in [-0.39, 0.29) is 34.6 Å². The lowest BCUT2D eigenvalue weighted by Crippen LogP contribution is -2.49. The molecule has 1 aromatic heterocycles. The average Bonchev–Trinajstić information content (AvgIpc) is 3.66. The number of para-hydroxylation sites is 1. The van der Waals surface area contributed by atoms with Crippen molar-refractivity contribution in [1.29, 1.82) is 5.26 Å². The first-order valence-electron chi connectivity index (χ1n) is 14.8. The molecule has 0 saturated carbocycles. The maximum atomic E-state index is 14.4. The number of carbonyl (C=O) groups excluding carboxylic acids is 2. The second kappa shape index (κ2) is 12.9. The van der Waals surface area contributed by atoms with Crippen LogP contribution in [0.15, 0.2) is 90.1 Å². The minimum Gasteiger partial charge on any atom is -0.497 e. The van der Waals surface area contributed by atoms with Crippen LogP contribution in [0.3, 0.4) is 0 Å². The van der Waals surface area contributed by atoms with Crippen molar-refractivity contribution in [2.24, 2.45) is 0 Å². The molecule has 238 valence electrons. The molecular formula is C35H29ClN4O6S. The van der Waals surface area contributed by atoms with Gasteiger partial charge in [0, 0.05) is 22.9 Å². The number of sulfone groups is 1. The van der Waals surface area contributed by atoms with Crippen LogP contribution < -0.4 is 9.47 Å². The molecule has 47 heavy (non-hydrogen) atoms. The minimum absolute atomic E-state index is 0.0431. The van der Waals surface area contributed by atoms with Crippen molar-refractivity contribution in [1.82, 2.24) is 14.7 Å². The van der Waals surface area contributed by atoms with E-state index in [4.69, 9.17) is 26.2 Å². The number of aromatic nitrogens is 2. The van der Waals surface area contributed by atoms with E-state index in [1.165, 1.54) is 7.11 Å². The van der Waals surface area contributed by atoms with E-state index < -0.39 is 27.7 Å². The summed E-state index contributed by atoms with van der Waals surface area (Å²) in [6.07, 6.45) is 3.42. The summed E-state index contributed by atoms with van der Waals surface area (Å²) >= 11 is 6.57. The van der Waals surface area contributed by atoms with Gasteiger partial charge in [-0.3, -0.25) is 14.5 Å². The fraction of sp³-hybridized carbons (Fsp3) is 0.200. The van der Waals surface area contributed by atoms with Gasteiger partial charge in [-0.1, -0.05) is 41.9 Å². The molecular weight excluding hydrogens is 640 g/mol. The highest BCUT2D eigenvalue weighted by molar-refractivity contribution is 7.91.